The van der Waals surface area contributed by atoms with Crippen molar-refractivity contribution in [2.75, 3.05) is 73.9 Å². The van der Waals surface area contributed by atoms with Crippen LogP contribution in [0.15, 0.2) is 30.5 Å². The van der Waals surface area contributed by atoms with E-state index in [0.717, 1.165) is 38.5 Å². The molecule has 4 heterocycles. The van der Waals surface area contributed by atoms with Gasteiger partial charge >= 0.3 is 0 Å². The number of carbonyl (C=O) groups is 2. The number of benzene rings is 1. The van der Waals surface area contributed by atoms with Crippen molar-refractivity contribution in [2.24, 2.45) is 17.1 Å². The molecule has 1 saturated carbocycles. The number of nitrogens with zero attached hydrogens (tertiary/aromatic N) is 5. The van der Waals surface area contributed by atoms with Crippen LogP contribution in [0.25, 0.3) is 11.4 Å². The highest BCUT2D eigenvalue weighted by atomic mass is 19.1. The maximum atomic E-state index is 15.1. The lowest BCUT2D eigenvalue weighted by Crippen LogP contribution is -2.49. The molecule has 0 spiro atoms. The maximum Gasteiger partial charge on any atom is 0.291 e. The first kappa shape index (κ1) is 33.6. The van der Waals surface area contributed by atoms with E-state index in [2.05, 4.69) is 35.8 Å². The molecule has 0 bridgehead atoms. The van der Waals surface area contributed by atoms with Gasteiger partial charge < -0.3 is 41.2 Å². The molecule has 13 nitrogen and oxygen atoms in total. The van der Waals surface area contributed by atoms with Gasteiger partial charge in [0.25, 0.3) is 5.91 Å². The number of aromatic nitrogens is 4. The third-order valence-corrected chi connectivity index (χ3v) is 10.0. The summed E-state index contributed by atoms with van der Waals surface area (Å²) >= 11 is 0. The van der Waals surface area contributed by atoms with Crippen LogP contribution in [0.3, 0.4) is 0 Å². The number of halogens is 1. The highest BCUT2D eigenvalue weighted by Crippen LogP contribution is 2.36. The molecule has 2 saturated heterocycles. The summed E-state index contributed by atoms with van der Waals surface area (Å²) in [6, 6.07) is 6.72. The zero-order valence-electron chi connectivity index (χ0n) is 27.9. The van der Waals surface area contributed by atoms with E-state index in [1.54, 1.807) is 32.5 Å². The predicted molar refractivity (Wildman–Crippen MR) is 184 cm³/mol. The average Bonchev–Trinajstić information content (AvgIpc) is 3.78. The summed E-state index contributed by atoms with van der Waals surface area (Å²) in [4.78, 5) is 47.8. The van der Waals surface area contributed by atoms with Gasteiger partial charge in [0, 0.05) is 52.4 Å². The number of aromatic amines is 1. The summed E-state index contributed by atoms with van der Waals surface area (Å²) in [5.41, 5.74) is 6.95. The number of imidazole rings is 1. The second kappa shape index (κ2) is 14.9. The highest BCUT2D eigenvalue weighted by Gasteiger charge is 2.46. The number of para-hydroxylation sites is 1. The van der Waals surface area contributed by atoms with Crippen LogP contribution in [-0.2, 0) is 9.53 Å². The molecular weight excluding hydrogens is 615 g/mol. The Morgan fingerprint density at radius 3 is 2.62 bits per heavy atom. The molecule has 3 fully saturated rings. The molecule has 6 N–H and O–H groups in total. The van der Waals surface area contributed by atoms with Crippen LogP contribution in [-0.4, -0.2) is 91.3 Å². The number of piperidine rings is 1. The number of carbonyl (C=O) groups excluding carboxylic acids is 2. The van der Waals surface area contributed by atoms with Crippen molar-refractivity contribution >= 4 is 35.0 Å². The molecule has 0 radical (unpaired) electrons. The quantitative estimate of drug-likeness (QED) is 0.204. The minimum Gasteiger partial charge on any atom is -0.383 e. The van der Waals surface area contributed by atoms with Crippen molar-refractivity contribution in [2.45, 2.75) is 57.4 Å². The fourth-order valence-electron chi connectivity index (χ4n) is 7.22. The number of H-pyrrole nitrogens is 1. The third-order valence-electron chi connectivity index (χ3n) is 10.0. The van der Waals surface area contributed by atoms with Crippen molar-refractivity contribution in [3.05, 3.63) is 42.1 Å². The number of hydrogen-bond acceptors (Lipinski definition) is 10. The van der Waals surface area contributed by atoms with Crippen LogP contribution in [0.5, 0.6) is 0 Å². The second-order valence-electron chi connectivity index (χ2n) is 13.3. The van der Waals surface area contributed by atoms with E-state index < -0.39 is 17.1 Å². The molecule has 3 aliphatic rings. The number of rotatable bonds is 11. The number of anilines is 4. The molecule has 2 aliphatic heterocycles. The van der Waals surface area contributed by atoms with Gasteiger partial charge in [-0.2, -0.15) is 4.98 Å². The first-order valence-electron chi connectivity index (χ1n) is 17.0. The SMILES string of the molecule is CNc1nc(-c2cnc(C(=O)Nc3cccc(F)c3N3CCC(CN)CC3)[nH]2)cc(N2CC[C@@](COC)(C(=O)NC3CCCCC3)C2)n1. The van der Waals surface area contributed by atoms with Gasteiger partial charge in [-0.15, -0.1) is 0 Å². The standard InChI is InChI=1S/C34H47FN10O3/c1-37-33-42-26(17-28(43-33)45-16-13-34(20-45,21-48-2)32(47)39-23-7-4-3-5-8-23)27-19-38-30(40-27)31(46)41-25-10-6-9-24(35)29(25)44-14-11-22(18-36)12-15-44/h6,9-10,17,19,22-23H,3-5,7-8,11-16,18,20-21,36H2,1-2H3,(H,38,40)(H,39,47)(H,41,46)(H,37,42,43)/t34-/m1/s1. The van der Waals surface area contributed by atoms with Gasteiger partial charge in [0.15, 0.2) is 5.82 Å². The van der Waals surface area contributed by atoms with Crippen LogP contribution >= 0.6 is 0 Å². The lowest BCUT2D eigenvalue weighted by atomic mass is 9.85. The Hall–Kier alpha value is -4.30. The summed E-state index contributed by atoms with van der Waals surface area (Å²) in [6.45, 7) is 3.33. The number of ether oxygens (including phenoxy) is 1. The number of nitrogens with one attached hydrogen (secondary N) is 4. The normalized spacial score (nSPS) is 20.6. The van der Waals surface area contributed by atoms with Gasteiger partial charge in [-0.1, -0.05) is 25.3 Å². The first-order valence-corrected chi connectivity index (χ1v) is 17.0. The monoisotopic (exact) mass is 662 g/mol. The number of hydrogen-bond donors (Lipinski definition) is 5. The Kier molecular flexibility index (Phi) is 10.4. The predicted octanol–water partition coefficient (Wildman–Crippen LogP) is 3.77. The van der Waals surface area contributed by atoms with Gasteiger partial charge in [0.05, 0.1) is 41.0 Å². The van der Waals surface area contributed by atoms with E-state index in [1.807, 2.05) is 11.0 Å². The average molecular weight is 663 g/mol. The molecule has 1 aliphatic carbocycles. The van der Waals surface area contributed by atoms with Crippen molar-refractivity contribution in [3.8, 4) is 11.4 Å². The van der Waals surface area contributed by atoms with Crippen LogP contribution in [0, 0.1) is 17.2 Å². The van der Waals surface area contributed by atoms with Crippen LogP contribution in [0.4, 0.5) is 27.5 Å². The minimum atomic E-state index is -0.688. The summed E-state index contributed by atoms with van der Waals surface area (Å²) in [5, 5.41) is 9.18. The Morgan fingerprint density at radius 2 is 1.90 bits per heavy atom. The number of methoxy groups -OCH3 is 1. The van der Waals surface area contributed by atoms with E-state index in [0.29, 0.717) is 86.2 Å². The Bertz CT molecular complexity index is 1590. The summed E-state index contributed by atoms with van der Waals surface area (Å²) in [6.07, 6.45) is 9.45. The van der Waals surface area contributed by atoms with Crippen molar-refractivity contribution in [1.29, 1.82) is 0 Å². The van der Waals surface area contributed by atoms with Gasteiger partial charge in [-0.05, 0) is 56.7 Å². The lowest BCUT2D eigenvalue weighted by molar-refractivity contribution is -0.133. The van der Waals surface area contributed by atoms with Gasteiger partial charge in [0.2, 0.25) is 11.9 Å². The molecule has 0 unspecified atom stereocenters. The largest absolute Gasteiger partial charge is 0.383 e. The zero-order valence-corrected chi connectivity index (χ0v) is 27.9. The fraction of sp³-hybridized carbons (Fsp3) is 0.559. The topological polar surface area (TPSA) is 166 Å². The van der Waals surface area contributed by atoms with Crippen LogP contribution in [0.2, 0.25) is 0 Å². The molecule has 1 atom stereocenters. The molecule has 2 amide bonds. The Balaban J connectivity index is 1.18. The summed E-state index contributed by atoms with van der Waals surface area (Å²) < 4.78 is 20.7. The van der Waals surface area contributed by atoms with Gasteiger partial charge in [-0.3, -0.25) is 9.59 Å². The molecule has 3 aromatic rings. The summed E-state index contributed by atoms with van der Waals surface area (Å²) in [5.74, 6) is 0.664. The van der Waals surface area contributed by atoms with Crippen molar-refractivity contribution < 1.29 is 18.7 Å². The van der Waals surface area contributed by atoms with Gasteiger partial charge in [0.1, 0.15) is 11.6 Å². The van der Waals surface area contributed by atoms with E-state index >= 15 is 4.39 Å². The molecule has 48 heavy (non-hydrogen) atoms. The smallest absolute Gasteiger partial charge is 0.291 e. The molecule has 2 aromatic heterocycles. The van der Waals surface area contributed by atoms with Crippen LogP contribution in [0.1, 0.15) is 62.0 Å². The Labute approximate surface area is 280 Å². The van der Waals surface area contributed by atoms with Gasteiger partial charge in [-0.25, -0.2) is 14.4 Å². The molecule has 1 aromatic carbocycles. The molecule has 6 rings (SSSR count). The molecular formula is C34H47FN10O3. The lowest BCUT2D eigenvalue weighted by Gasteiger charge is -2.34. The molecule has 258 valence electrons. The Morgan fingerprint density at radius 1 is 1.10 bits per heavy atom. The van der Waals surface area contributed by atoms with E-state index in [9.17, 15) is 9.59 Å². The second-order valence-corrected chi connectivity index (χ2v) is 13.3. The van der Waals surface area contributed by atoms with E-state index in [1.165, 1.54) is 12.5 Å². The summed E-state index contributed by atoms with van der Waals surface area (Å²) in [7, 11) is 3.37. The number of nitrogens with two attached hydrogens (primary N) is 1. The van der Waals surface area contributed by atoms with E-state index in [-0.39, 0.29) is 17.8 Å². The first-order chi connectivity index (χ1) is 23.3. The highest BCUT2D eigenvalue weighted by molar-refractivity contribution is 6.04. The van der Waals surface area contributed by atoms with Crippen molar-refractivity contribution in [3.63, 3.8) is 0 Å². The van der Waals surface area contributed by atoms with E-state index in [4.69, 9.17) is 15.5 Å². The molecule has 14 heteroatoms. The van der Waals surface area contributed by atoms with Crippen molar-refractivity contribution in [1.82, 2.24) is 25.3 Å². The van der Waals surface area contributed by atoms with Crippen LogP contribution < -0.4 is 31.5 Å². The minimum absolute atomic E-state index is 0.0348. The maximum absolute atomic E-state index is 15.1. The zero-order chi connectivity index (χ0) is 33.7. The third kappa shape index (κ3) is 7.24. The number of amides is 2. The fourth-order valence-corrected chi connectivity index (χ4v) is 7.22.